The number of carbonyl (C=O) groups is 5. The Kier molecular flexibility index (Phi) is 10.3. The summed E-state index contributed by atoms with van der Waals surface area (Å²) in [6.07, 6.45) is 1.42. The molecule has 5 N–H and O–H groups in total. The van der Waals surface area contributed by atoms with E-state index >= 15 is 0 Å². The smallest absolute Gasteiger partial charge is 0.323 e. The highest BCUT2D eigenvalue weighted by molar-refractivity contribution is 6.02. The predicted octanol–water partition coefficient (Wildman–Crippen LogP) is 2.68. The van der Waals surface area contributed by atoms with Crippen molar-refractivity contribution in [1.29, 1.82) is 0 Å². The molecule has 1 unspecified atom stereocenters. The highest BCUT2D eigenvalue weighted by Gasteiger charge is 2.27. The fourth-order valence-corrected chi connectivity index (χ4v) is 4.38. The first-order valence-corrected chi connectivity index (χ1v) is 12.6. The predicted molar refractivity (Wildman–Crippen MR) is 146 cm³/mol. The van der Waals surface area contributed by atoms with E-state index < -0.39 is 37.1 Å². The maximum absolute atomic E-state index is 13.3. The number of aryl methyl sites for hydroxylation is 1. The number of hydrogen-bond acceptors (Lipinski definition) is 6. The molecule has 1 atom stereocenters. The van der Waals surface area contributed by atoms with E-state index in [4.69, 9.17) is 14.9 Å². The molecule has 0 aliphatic carbocycles. The van der Waals surface area contributed by atoms with Crippen LogP contribution in [0.15, 0.2) is 42.5 Å². The van der Waals surface area contributed by atoms with E-state index in [0.717, 1.165) is 12.0 Å². The third-order valence-corrected chi connectivity index (χ3v) is 6.38. The minimum absolute atomic E-state index is 0.105. The van der Waals surface area contributed by atoms with Crippen LogP contribution in [0.1, 0.15) is 28.8 Å². The molecule has 0 bridgehead atoms. The van der Waals surface area contributed by atoms with Gasteiger partial charge in [0.15, 0.2) is 0 Å². The number of para-hydroxylation sites is 1. The molecule has 1 saturated heterocycles. The van der Waals surface area contributed by atoms with Crippen LogP contribution in [-0.2, 0) is 9.59 Å². The molecule has 214 valence electrons. The van der Waals surface area contributed by atoms with Crippen molar-refractivity contribution in [3.8, 4) is 5.75 Å². The molecule has 0 radical (unpaired) electrons. The minimum atomic E-state index is -1.32. The molecule has 13 nitrogen and oxygen atoms in total. The van der Waals surface area contributed by atoms with Crippen LogP contribution in [0.3, 0.4) is 0 Å². The molecule has 2 aromatic carbocycles. The lowest BCUT2D eigenvalue weighted by molar-refractivity contribution is -0.140. The summed E-state index contributed by atoms with van der Waals surface area (Å²) in [5.41, 5.74) is 2.32. The molecule has 1 fully saturated rings. The molecule has 40 heavy (non-hydrogen) atoms. The summed E-state index contributed by atoms with van der Waals surface area (Å²) in [7, 11) is 1.44. The Hall–Kier alpha value is -4.81. The minimum Gasteiger partial charge on any atom is -0.495 e. The Morgan fingerprint density at radius 2 is 1.68 bits per heavy atom. The monoisotopic (exact) mass is 555 g/mol. The lowest BCUT2D eigenvalue weighted by Gasteiger charge is -2.33. The summed E-state index contributed by atoms with van der Waals surface area (Å²) < 4.78 is 5.41. The zero-order chi connectivity index (χ0) is 29.2. The van der Waals surface area contributed by atoms with E-state index in [0.29, 0.717) is 47.1 Å². The van der Waals surface area contributed by atoms with Crippen molar-refractivity contribution >= 4 is 41.3 Å². The molecule has 1 aliphatic heterocycles. The number of nitrogens with one attached hydrogen (secondary N) is 3. The fraction of sp³-hybridized carbons (Fsp3) is 0.370. The first-order chi connectivity index (χ1) is 19.1. The highest BCUT2D eigenvalue weighted by atomic mass is 16.5. The van der Waals surface area contributed by atoms with Gasteiger partial charge in [0, 0.05) is 30.9 Å². The molecule has 13 heteroatoms. The average molecular weight is 556 g/mol. The van der Waals surface area contributed by atoms with E-state index in [2.05, 4.69) is 16.0 Å². The largest absolute Gasteiger partial charge is 0.495 e. The molecule has 1 aliphatic rings. The van der Waals surface area contributed by atoms with Crippen molar-refractivity contribution in [3.63, 3.8) is 0 Å². The SMILES string of the molecule is COc1cc(C(=O)N2CCCC(CNC(=O)N(CC(=O)O)CC(=O)O)C2)ccc1NC(=O)Nc1ccccc1C. The molecule has 5 amide bonds. The van der Waals surface area contributed by atoms with Crippen LogP contribution >= 0.6 is 0 Å². The van der Waals surface area contributed by atoms with E-state index in [1.165, 1.54) is 7.11 Å². The number of benzene rings is 2. The van der Waals surface area contributed by atoms with Gasteiger partial charge in [0.1, 0.15) is 18.8 Å². The quantitative estimate of drug-likeness (QED) is 0.297. The van der Waals surface area contributed by atoms with Gasteiger partial charge in [0.2, 0.25) is 0 Å². The second-order valence-corrected chi connectivity index (χ2v) is 9.40. The van der Waals surface area contributed by atoms with E-state index in [1.54, 1.807) is 29.2 Å². The van der Waals surface area contributed by atoms with Gasteiger partial charge in [-0.05, 0) is 55.5 Å². The fourth-order valence-electron chi connectivity index (χ4n) is 4.38. The number of ether oxygens (including phenoxy) is 1. The summed E-state index contributed by atoms with van der Waals surface area (Å²) in [4.78, 5) is 62.4. The Morgan fingerprint density at radius 3 is 2.33 bits per heavy atom. The second kappa shape index (κ2) is 13.8. The molecule has 2 aromatic rings. The summed E-state index contributed by atoms with van der Waals surface area (Å²) in [6, 6.07) is 10.8. The number of urea groups is 2. The third-order valence-electron chi connectivity index (χ3n) is 6.38. The topological polar surface area (TPSA) is 178 Å². The number of amides is 5. The molecule has 0 spiro atoms. The Balaban J connectivity index is 1.60. The van der Waals surface area contributed by atoms with Crippen LogP contribution in [0.25, 0.3) is 0 Å². The van der Waals surface area contributed by atoms with Crippen molar-refractivity contribution in [2.24, 2.45) is 5.92 Å². The number of methoxy groups -OCH3 is 1. The molecular formula is C27H33N5O8. The van der Waals surface area contributed by atoms with Gasteiger partial charge >= 0.3 is 24.0 Å². The normalized spacial score (nSPS) is 14.6. The van der Waals surface area contributed by atoms with Crippen molar-refractivity contribution in [3.05, 3.63) is 53.6 Å². The zero-order valence-corrected chi connectivity index (χ0v) is 22.3. The van der Waals surface area contributed by atoms with Crippen LogP contribution in [0.2, 0.25) is 0 Å². The molecule has 0 aromatic heterocycles. The highest BCUT2D eigenvalue weighted by Crippen LogP contribution is 2.28. The lowest BCUT2D eigenvalue weighted by Crippen LogP contribution is -2.48. The van der Waals surface area contributed by atoms with Crippen molar-refractivity contribution < 1.29 is 38.9 Å². The summed E-state index contributed by atoms with van der Waals surface area (Å²) in [5.74, 6) is -2.69. The van der Waals surface area contributed by atoms with Crippen molar-refractivity contribution in [1.82, 2.24) is 15.1 Å². The van der Waals surface area contributed by atoms with Gasteiger partial charge in [-0.1, -0.05) is 18.2 Å². The van der Waals surface area contributed by atoms with Gasteiger partial charge in [0.25, 0.3) is 5.91 Å². The third kappa shape index (κ3) is 8.35. The number of carboxylic acid groups (broad SMARTS) is 2. The Bertz CT molecular complexity index is 1250. The average Bonchev–Trinajstić information content (AvgIpc) is 2.92. The number of aliphatic carboxylic acids is 2. The summed E-state index contributed by atoms with van der Waals surface area (Å²) in [6.45, 7) is 1.40. The number of anilines is 2. The first kappa shape index (κ1) is 29.7. The van der Waals surface area contributed by atoms with Crippen LogP contribution in [0.5, 0.6) is 5.75 Å². The van der Waals surface area contributed by atoms with Crippen molar-refractivity contribution in [2.75, 3.05) is 50.5 Å². The van der Waals surface area contributed by atoms with Gasteiger partial charge in [0.05, 0.1) is 12.8 Å². The number of nitrogens with zero attached hydrogens (tertiary/aromatic N) is 2. The summed E-state index contributed by atoms with van der Waals surface area (Å²) in [5, 5.41) is 26.0. The number of carbonyl (C=O) groups excluding carboxylic acids is 3. The number of carboxylic acids is 2. The van der Waals surface area contributed by atoms with Gasteiger partial charge < -0.3 is 40.7 Å². The van der Waals surface area contributed by atoms with Gasteiger partial charge in [-0.2, -0.15) is 0 Å². The van der Waals surface area contributed by atoms with Gasteiger partial charge in [-0.15, -0.1) is 0 Å². The molecule has 1 heterocycles. The van der Waals surface area contributed by atoms with E-state index in [1.807, 2.05) is 25.1 Å². The summed E-state index contributed by atoms with van der Waals surface area (Å²) >= 11 is 0. The zero-order valence-electron chi connectivity index (χ0n) is 22.3. The number of rotatable bonds is 10. The van der Waals surface area contributed by atoms with Crippen LogP contribution < -0.4 is 20.7 Å². The van der Waals surface area contributed by atoms with E-state index in [-0.39, 0.29) is 18.4 Å². The molecule has 0 saturated carbocycles. The number of piperidine rings is 1. The lowest BCUT2D eigenvalue weighted by atomic mass is 9.97. The number of hydrogen-bond donors (Lipinski definition) is 5. The van der Waals surface area contributed by atoms with Gasteiger partial charge in [-0.25, -0.2) is 9.59 Å². The molecule has 3 rings (SSSR count). The maximum Gasteiger partial charge on any atom is 0.323 e. The Morgan fingerprint density at radius 1 is 1.00 bits per heavy atom. The second-order valence-electron chi connectivity index (χ2n) is 9.40. The van der Waals surface area contributed by atoms with Crippen molar-refractivity contribution in [2.45, 2.75) is 19.8 Å². The van der Waals surface area contributed by atoms with Crippen LogP contribution in [0.4, 0.5) is 21.0 Å². The van der Waals surface area contributed by atoms with Gasteiger partial charge in [-0.3, -0.25) is 14.4 Å². The first-order valence-electron chi connectivity index (χ1n) is 12.6. The molecular weight excluding hydrogens is 522 g/mol. The number of likely N-dealkylation sites (tertiary alicyclic amines) is 1. The van der Waals surface area contributed by atoms with Crippen LogP contribution in [-0.4, -0.2) is 89.8 Å². The Labute approximate surface area is 231 Å². The van der Waals surface area contributed by atoms with E-state index in [9.17, 15) is 24.0 Å². The standard InChI is InChI=1S/C27H33N5O8/c1-17-6-3-4-8-20(17)29-26(38)30-21-10-9-19(12-22(21)40-2)25(37)31-11-5-7-18(14-31)13-28-27(39)32(15-23(33)34)16-24(35)36/h3-4,6,8-10,12,18H,5,7,11,13-16H2,1-2H3,(H,28,39)(H,33,34)(H,35,36)(H2,29,30,38). The maximum atomic E-state index is 13.3. The van der Waals surface area contributed by atoms with Crippen LogP contribution in [0, 0.1) is 12.8 Å².